The molecule has 1 nitrogen and oxygen atoms in total. The lowest BCUT2D eigenvalue weighted by Crippen LogP contribution is -2.18. The first-order valence-corrected chi connectivity index (χ1v) is 9.25. The van der Waals surface area contributed by atoms with E-state index in [1.807, 2.05) is 18.2 Å². The number of rotatable bonds is 7. The molecule has 0 bridgehead atoms. The molecule has 0 aliphatic carbocycles. The van der Waals surface area contributed by atoms with Crippen LogP contribution in [0.4, 0.5) is 0 Å². The van der Waals surface area contributed by atoms with E-state index < -0.39 is 0 Å². The minimum atomic E-state index is 0.0459. The molecule has 122 valence electrons. The number of allylic oxidation sites excluding steroid dienone is 2. The van der Waals surface area contributed by atoms with E-state index in [1.165, 1.54) is 16.0 Å². The van der Waals surface area contributed by atoms with E-state index in [-0.39, 0.29) is 5.41 Å². The normalized spacial score (nSPS) is 11.8. The zero-order valence-corrected chi connectivity index (χ0v) is 15.3. The van der Waals surface area contributed by atoms with Crippen LogP contribution in [-0.4, -0.2) is 6.26 Å². The molecule has 2 heteroatoms. The predicted octanol–water partition coefficient (Wildman–Crippen LogP) is 6.23. The molecule has 0 aromatic heterocycles. The van der Waals surface area contributed by atoms with Crippen LogP contribution in [-0.2, 0) is 12.0 Å². The third-order valence-corrected chi connectivity index (χ3v) is 4.74. The Bertz CT molecular complexity index is 644. The number of ether oxygens (including phenoxy) is 1. The summed E-state index contributed by atoms with van der Waals surface area (Å²) in [4.78, 5) is 1.28. The fraction of sp³-hybridized carbons (Fsp3) is 0.333. The van der Waals surface area contributed by atoms with Gasteiger partial charge in [0.1, 0.15) is 12.4 Å². The molecule has 0 saturated carbocycles. The molecule has 0 spiro atoms. The van der Waals surface area contributed by atoms with Crippen LogP contribution >= 0.6 is 11.8 Å². The van der Waals surface area contributed by atoms with Crippen LogP contribution in [0, 0.1) is 0 Å². The van der Waals surface area contributed by atoms with Crippen molar-refractivity contribution in [1.29, 1.82) is 0 Å². The van der Waals surface area contributed by atoms with E-state index in [0.29, 0.717) is 6.61 Å². The molecule has 0 saturated heterocycles. The largest absolute Gasteiger partial charge is 0.489 e. The summed E-state index contributed by atoms with van der Waals surface area (Å²) >= 11 is 1.77. The summed E-state index contributed by atoms with van der Waals surface area (Å²) in [6.07, 6.45) is 7.46. The maximum absolute atomic E-state index is 6.16. The van der Waals surface area contributed by atoms with Crippen molar-refractivity contribution in [1.82, 2.24) is 0 Å². The standard InChI is InChI=1S/C21H26OS/c1-5-6-14-21(2,3)19-15-18(23-4)12-13-20(19)22-16-17-10-8-7-9-11-17/h5-13,15H,14,16H2,1-4H3/b6-5+. The molecule has 0 aliphatic heterocycles. The molecule has 23 heavy (non-hydrogen) atoms. The second-order valence-corrected chi connectivity index (χ2v) is 7.17. The quantitative estimate of drug-likeness (QED) is 0.440. The van der Waals surface area contributed by atoms with Crippen LogP contribution in [0.15, 0.2) is 65.6 Å². The van der Waals surface area contributed by atoms with Crippen molar-refractivity contribution in [2.45, 2.75) is 44.1 Å². The van der Waals surface area contributed by atoms with Gasteiger partial charge in [-0.3, -0.25) is 0 Å². The molecular weight excluding hydrogens is 300 g/mol. The van der Waals surface area contributed by atoms with Gasteiger partial charge in [-0.2, -0.15) is 0 Å². The molecule has 0 N–H and O–H groups in total. The van der Waals surface area contributed by atoms with Gasteiger partial charge in [-0.15, -0.1) is 11.8 Å². The Kier molecular flexibility index (Phi) is 6.35. The van der Waals surface area contributed by atoms with Crippen molar-refractivity contribution in [2.75, 3.05) is 6.26 Å². The van der Waals surface area contributed by atoms with Crippen molar-refractivity contribution < 1.29 is 4.74 Å². The third-order valence-electron chi connectivity index (χ3n) is 4.02. The SMILES string of the molecule is C/C=C/CC(C)(C)c1cc(SC)ccc1OCc1ccccc1. The minimum absolute atomic E-state index is 0.0459. The minimum Gasteiger partial charge on any atom is -0.489 e. The van der Waals surface area contributed by atoms with Crippen LogP contribution in [0.3, 0.4) is 0 Å². The average molecular weight is 327 g/mol. The highest BCUT2D eigenvalue weighted by Gasteiger charge is 2.24. The van der Waals surface area contributed by atoms with E-state index in [0.717, 1.165) is 12.2 Å². The van der Waals surface area contributed by atoms with Crippen molar-refractivity contribution in [3.05, 3.63) is 71.8 Å². The van der Waals surface area contributed by atoms with Gasteiger partial charge in [0, 0.05) is 10.5 Å². The van der Waals surface area contributed by atoms with Crippen molar-refractivity contribution in [2.24, 2.45) is 0 Å². The second-order valence-electron chi connectivity index (χ2n) is 6.29. The van der Waals surface area contributed by atoms with Gasteiger partial charge in [0.2, 0.25) is 0 Å². The smallest absolute Gasteiger partial charge is 0.123 e. The van der Waals surface area contributed by atoms with Crippen LogP contribution in [0.1, 0.15) is 38.3 Å². The molecule has 0 amide bonds. The van der Waals surface area contributed by atoms with E-state index in [1.54, 1.807) is 11.8 Å². The lowest BCUT2D eigenvalue weighted by molar-refractivity contribution is 0.296. The maximum atomic E-state index is 6.16. The second kappa shape index (κ2) is 8.26. The van der Waals surface area contributed by atoms with E-state index in [9.17, 15) is 0 Å². The number of hydrogen-bond acceptors (Lipinski definition) is 2. The highest BCUT2D eigenvalue weighted by Crippen LogP contribution is 2.37. The first-order chi connectivity index (χ1) is 11.1. The molecule has 0 atom stereocenters. The Hall–Kier alpha value is -1.67. The van der Waals surface area contributed by atoms with Gasteiger partial charge in [0.25, 0.3) is 0 Å². The summed E-state index contributed by atoms with van der Waals surface area (Å²) < 4.78 is 6.16. The Balaban J connectivity index is 2.27. The monoisotopic (exact) mass is 326 g/mol. The summed E-state index contributed by atoms with van der Waals surface area (Å²) in [6.45, 7) is 7.23. The molecule has 0 fully saturated rings. The Morgan fingerprint density at radius 1 is 1.09 bits per heavy atom. The molecule has 0 radical (unpaired) electrons. The van der Waals surface area contributed by atoms with Crippen molar-refractivity contribution >= 4 is 11.8 Å². The van der Waals surface area contributed by atoms with Gasteiger partial charge in [0.15, 0.2) is 0 Å². The summed E-state index contributed by atoms with van der Waals surface area (Å²) in [5.74, 6) is 0.987. The zero-order chi connectivity index (χ0) is 16.7. The van der Waals surface area contributed by atoms with Crippen LogP contribution in [0.25, 0.3) is 0 Å². The van der Waals surface area contributed by atoms with E-state index in [4.69, 9.17) is 4.74 Å². The summed E-state index contributed by atoms with van der Waals surface area (Å²) in [6, 6.07) is 16.8. The summed E-state index contributed by atoms with van der Waals surface area (Å²) in [7, 11) is 0. The van der Waals surface area contributed by atoms with Crippen molar-refractivity contribution in [3.8, 4) is 5.75 Å². The summed E-state index contributed by atoms with van der Waals surface area (Å²) in [5.41, 5.74) is 2.52. The lowest BCUT2D eigenvalue weighted by atomic mass is 9.81. The first-order valence-electron chi connectivity index (χ1n) is 8.03. The fourth-order valence-electron chi connectivity index (χ4n) is 2.55. The van der Waals surface area contributed by atoms with Crippen LogP contribution in [0.2, 0.25) is 0 Å². The third kappa shape index (κ3) is 4.90. The molecule has 2 aromatic carbocycles. The molecular formula is C21H26OS. The zero-order valence-electron chi connectivity index (χ0n) is 14.5. The summed E-state index contributed by atoms with van der Waals surface area (Å²) in [5, 5.41) is 0. The van der Waals surface area contributed by atoms with Crippen molar-refractivity contribution in [3.63, 3.8) is 0 Å². The average Bonchev–Trinajstić information content (AvgIpc) is 2.59. The Labute approximate surface area is 144 Å². The van der Waals surface area contributed by atoms with Gasteiger partial charge < -0.3 is 4.74 Å². The van der Waals surface area contributed by atoms with E-state index in [2.05, 4.69) is 69.5 Å². The predicted molar refractivity (Wildman–Crippen MR) is 101 cm³/mol. The number of hydrogen-bond donors (Lipinski definition) is 0. The van der Waals surface area contributed by atoms with Crippen LogP contribution in [0.5, 0.6) is 5.75 Å². The van der Waals surface area contributed by atoms with Gasteiger partial charge in [-0.25, -0.2) is 0 Å². The lowest BCUT2D eigenvalue weighted by Gasteiger charge is -2.27. The molecule has 2 aromatic rings. The van der Waals surface area contributed by atoms with Gasteiger partial charge in [-0.1, -0.05) is 56.3 Å². The molecule has 0 unspecified atom stereocenters. The number of thioether (sulfide) groups is 1. The first kappa shape index (κ1) is 17.7. The topological polar surface area (TPSA) is 9.23 Å². The Morgan fingerprint density at radius 3 is 2.48 bits per heavy atom. The number of benzene rings is 2. The Morgan fingerprint density at radius 2 is 1.83 bits per heavy atom. The fourth-order valence-corrected chi connectivity index (χ4v) is 2.99. The van der Waals surface area contributed by atoms with E-state index >= 15 is 0 Å². The van der Waals surface area contributed by atoms with Gasteiger partial charge in [0.05, 0.1) is 0 Å². The highest BCUT2D eigenvalue weighted by atomic mass is 32.2. The highest BCUT2D eigenvalue weighted by molar-refractivity contribution is 7.98. The van der Waals surface area contributed by atoms with Crippen LogP contribution < -0.4 is 4.74 Å². The van der Waals surface area contributed by atoms with Gasteiger partial charge in [-0.05, 0) is 48.8 Å². The van der Waals surface area contributed by atoms with Gasteiger partial charge >= 0.3 is 0 Å². The molecule has 2 rings (SSSR count). The molecule has 0 heterocycles. The molecule has 0 aliphatic rings. The maximum Gasteiger partial charge on any atom is 0.123 e.